The van der Waals surface area contributed by atoms with Gasteiger partial charge in [0, 0.05) is 33.1 Å². The van der Waals surface area contributed by atoms with E-state index in [1.807, 2.05) is 48.6 Å². The van der Waals surface area contributed by atoms with Crippen LogP contribution in [0.25, 0.3) is 0 Å². The van der Waals surface area contributed by atoms with Crippen molar-refractivity contribution < 1.29 is 9.53 Å². The maximum Gasteiger partial charge on any atom is 0.222 e. The largest absolute Gasteiger partial charge is 0.379 e. The Morgan fingerprint density at radius 3 is 1.26 bits per heavy atom. The molecule has 27 heavy (non-hydrogen) atoms. The van der Waals surface area contributed by atoms with E-state index in [1.165, 1.54) is 32.4 Å². The van der Waals surface area contributed by atoms with Gasteiger partial charge in [0.2, 0.25) is 5.91 Å². The summed E-state index contributed by atoms with van der Waals surface area (Å²) < 4.78 is 5.10. The molecule has 0 N–H and O–H groups in total. The lowest BCUT2D eigenvalue weighted by Gasteiger charge is -2.21. The Balaban J connectivity index is -0.000000281. The Hall–Kier alpha value is -0.650. The SMILES string of the molecule is CC.CC.CC.CN1CCCC1=O.CN1CCCCC1.CN1CCOCC1. The molecule has 0 aromatic rings. The third-order valence-corrected chi connectivity index (χ3v) is 4.12. The molecule has 0 aromatic carbocycles. The highest BCUT2D eigenvalue weighted by Gasteiger charge is 2.14. The number of rotatable bonds is 0. The summed E-state index contributed by atoms with van der Waals surface area (Å²) >= 11 is 0. The minimum atomic E-state index is 0.292. The first kappa shape index (κ1) is 31.1. The monoisotopic (exact) mass is 389 g/mol. The van der Waals surface area contributed by atoms with Crippen LogP contribution in [-0.4, -0.2) is 87.7 Å². The molecule has 166 valence electrons. The maximum atomic E-state index is 10.5. The first-order chi connectivity index (χ1) is 13.1. The maximum absolute atomic E-state index is 10.5. The zero-order valence-electron chi connectivity index (χ0n) is 20.1. The molecule has 0 bridgehead atoms. The van der Waals surface area contributed by atoms with Crippen molar-refractivity contribution in [3.05, 3.63) is 0 Å². The fraction of sp³-hybridized carbons (Fsp3) is 0.955. The summed E-state index contributed by atoms with van der Waals surface area (Å²) in [7, 11) is 6.15. The van der Waals surface area contributed by atoms with Crippen molar-refractivity contribution in [1.82, 2.24) is 14.7 Å². The quantitative estimate of drug-likeness (QED) is 0.616. The molecule has 3 aliphatic heterocycles. The topological polar surface area (TPSA) is 36.0 Å². The smallest absolute Gasteiger partial charge is 0.222 e. The Morgan fingerprint density at radius 2 is 1.07 bits per heavy atom. The van der Waals surface area contributed by atoms with Gasteiger partial charge in [-0.25, -0.2) is 0 Å². The molecule has 0 spiro atoms. The molecule has 1 amide bonds. The van der Waals surface area contributed by atoms with Crippen molar-refractivity contribution in [2.24, 2.45) is 0 Å². The Kier molecular flexibility index (Phi) is 29.2. The standard InChI is InChI=1S/C6H13N.C5H11NO.C5H9NO.3C2H6/c1-7-5-3-2-4-6-7;1-6-2-4-7-5-3-6;1-6-4-2-3-5(6)7;3*1-2/h2-6H2,1H3;2-5H2,1H3;2-4H2,1H3;3*1-2H3. The van der Waals surface area contributed by atoms with Gasteiger partial charge in [-0.1, -0.05) is 48.0 Å². The number of nitrogens with zero attached hydrogens (tertiary/aromatic N) is 3. The summed E-state index contributed by atoms with van der Waals surface area (Å²) in [5, 5.41) is 0. The van der Waals surface area contributed by atoms with Gasteiger partial charge in [-0.15, -0.1) is 0 Å². The van der Waals surface area contributed by atoms with Gasteiger partial charge in [-0.3, -0.25) is 4.79 Å². The molecule has 3 heterocycles. The van der Waals surface area contributed by atoms with E-state index in [1.54, 1.807) is 4.90 Å². The van der Waals surface area contributed by atoms with Crippen molar-refractivity contribution >= 4 is 5.91 Å². The Morgan fingerprint density at radius 1 is 0.630 bits per heavy atom. The fourth-order valence-corrected chi connectivity index (χ4v) is 2.49. The minimum absolute atomic E-state index is 0.292. The van der Waals surface area contributed by atoms with E-state index < -0.39 is 0 Å². The van der Waals surface area contributed by atoms with Crippen LogP contribution in [0, 0.1) is 0 Å². The molecule has 5 heteroatoms. The van der Waals surface area contributed by atoms with E-state index >= 15 is 0 Å². The van der Waals surface area contributed by atoms with E-state index in [-0.39, 0.29) is 0 Å². The average molecular weight is 390 g/mol. The van der Waals surface area contributed by atoms with Gasteiger partial charge >= 0.3 is 0 Å². The van der Waals surface area contributed by atoms with Crippen LogP contribution in [0.4, 0.5) is 0 Å². The van der Waals surface area contributed by atoms with Crippen LogP contribution in [-0.2, 0) is 9.53 Å². The first-order valence-corrected chi connectivity index (χ1v) is 11.3. The molecule has 3 rings (SSSR count). The molecule has 0 aliphatic carbocycles. The summed E-state index contributed by atoms with van der Waals surface area (Å²) in [6.07, 6.45) is 6.09. The molecule has 0 saturated carbocycles. The van der Waals surface area contributed by atoms with Crippen LogP contribution in [0.5, 0.6) is 0 Å². The lowest BCUT2D eigenvalue weighted by atomic mass is 10.1. The average Bonchev–Trinajstić information content (AvgIpc) is 3.11. The highest BCUT2D eigenvalue weighted by Crippen LogP contribution is 2.05. The number of hydrogen-bond acceptors (Lipinski definition) is 4. The van der Waals surface area contributed by atoms with Crippen LogP contribution in [0.1, 0.15) is 73.6 Å². The zero-order valence-corrected chi connectivity index (χ0v) is 20.1. The number of likely N-dealkylation sites (tertiary alicyclic amines) is 2. The van der Waals surface area contributed by atoms with Gasteiger partial charge in [-0.2, -0.15) is 0 Å². The summed E-state index contributed by atoms with van der Waals surface area (Å²) in [5.74, 6) is 0.292. The number of piperidine rings is 1. The lowest BCUT2D eigenvalue weighted by molar-refractivity contribution is -0.126. The van der Waals surface area contributed by atoms with E-state index in [2.05, 4.69) is 23.9 Å². The molecule has 0 radical (unpaired) electrons. The zero-order chi connectivity index (χ0) is 21.5. The van der Waals surface area contributed by atoms with Crippen LogP contribution >= 0.6 is 0 Å². The van der Waals surface area contributed by atoms with Gasteiger partial charge < -0.3 is 19.4 Å². The number of carbonyl (C=O) groups is 1. The normalized spacial score (nSPS) is 19.3. The second kappa shape index (κ2) is 25.4. The van der Waals surface area contributed by atoms with Gasteiger partial charge in [0.05, 0.1) is 13.2 Å². The molecule has 3 fully saturated rings. The second-order valence-electron chi connectivity index (χ2n) is 6.20. The summed E-state index contributed by atoms with van der Waals surface area (Å²) in [4.78, 5) is 16.9. The lowest BCUT2D eigenvalue weighted by Crippen LogP contribution is -2.32. The number of amides is 1. The van der Waals surface area contributed by atoms with Crippen LogP contribution < -0.4 is 0 Å². The van der Waals surface area contributed by atoms with Crippen molar-refractivity contribution in [1.29, 1.82) is 0 Å². The van der Waals surface area contributed by atoms with E-state index in [0.29, 0.717) is 5.91 Å². The van der Waals surface area contributed by atoms with Crippen molar-refractivity contribution in [2.75, 3.05) is 67.1 Å². The van der Waals surface area contributed by atoms with E-state index in [0.717, 1.165) is 45.7 Å². The minimum Gasteiger partial charge on any atom is -0.379 e. The molecular formula is C22H51N3O2. The molecule has 3 aliphatic rings. The molecular weight excluding hydrogens is 338 g/mol. The molecule has 0 atom stereocenters. The summed E-state index contributed by atoms with van der Waals surface area (Å²) in [6.45, 7) is 19.6. The van der Waals surface area contributed by atoms with E-state index in [9.17, 15) is 4.79 Å². The van der Waals surface area contributed by atoms with Crippen molar-refractivity contribution in [3.63, 3.8) is 0 Å². The van der Waals surface area contributed by atoms with Crippen molar-refractivity contribution in [3.8, 4) is 0 Å². The highest BCUT2D eigenvalue weighted by molar-refractivity contribution is 5.77. The molecule has 0 aromatic heterocycles. The Bertz CT molecular complexity index is 261. The second-order valence-corrected chi connectivity index (χ2v) is 6.20. The summed E-state index contributed by atoms with van der Waals surface area (Å²) in [5.41, 5.74) is 0. The highest BCUT2D eigenvalue weighted by atomic mass is 16.5. The van der Waals surface area contributed by atoms with E-state index in [4.69, 9.17) is 4.74 Å². The number of hydrogen-bond donors (Lipinski definition) is 0. The predicted molar refractivity (Wildman–Crippen MR) is 121 cm³/mol. The number of ether oxygens (including phenoxy) is 1. The van der Waals surface area contributed by atoms with Crippen LogP contribution in [0.3, 0.4) is 0 Å². The van der Waals surface area contributed by atoms with Gasteiger partial charge in [0.25, 0.3) is 0 Å². The molecule has 3 saturated heterocycles. The summed E-state index contributed by atoms with van der Waals surface area (Å²) in [6, 6.07) is 0. The van der Waals surface area contributed by atoms with Gasteiger partial charge in [0.15, 0.2) is 0 Å². The predicted octanol–water partition coefficient (Wildman–Crippen LogP) is 4.37. The fourth-order valence-electron chi connectivity index (χ4n) is 2.49. The number of morpholine rings is 1. The molecule has 0 unspecified atom stereocenters. The number of likely N-dealkylation sites (N-methyl/N-ethyl adjacent to an activating group) is 1. The van der Waals surface area contributed by atoms with Crippen LogP contribution in [0.2, 0.25) is 0 Å². The van der Waals surface area contributed by atoms with Gasteiger partial charge in [0.1, 0.15) is 0 Å². The van der Waals surface area contributed by atoms with Crippen molar-refractivity contribution in [2.45, 2.75) is 73.6 Å². The number of carbonyl (C=O) groups excluding carboxylic acids is 1. The third-order valence-electron chi connectivity index (χ3n) is 4.12. The molecule has 5 nitrogen and oxygen atoms in total. The third kappa shape index (κ3) is 21.5. The Labute approximate surface area is 171 Å². The first-order valence-electron chi connectivity index (χ1n) is 11.3. The van der Waals surface area contributed by atoms with Crippen LogP contribution in [0.15, 0.2) is 0 Å². The van der Waals surface area contributed by atoms with Gasteiger partial charge in [-0.05, 0) is 46.4 Å².